The minimum atomic E-state index is -4.68. The molecule has 3 heterocycles. The third-order valence-electron chi connectivity index (χ3n) is 6.19. The second kappa shape index (κ2) is 10.4. The predicted molar refractivity (Wildman–Crippen MR) is 121 cm³/mol. The highest BCUT2D eigenvalue weighted by Crippen LogP contribution is 2.38. The number of nitrogens with zero attached hydrogens (tertiary/aromatic N) is 3. The first kappa shape index (κ1) is 24.0. The Morgan fingerprint density at radius 1 is 1.03 bits per heavy atom. The normalized spacial score (nSPS) is 22.2. The summed E-state index contributed by atoms with van der Waals surface area (Å²) in [6.07, 6.45) is 3.10. The van der Waals surface area contributed by atoms with Crippen LogP contribution < -0.4 is 16.4 Å². The lowest BCUT2D eigenvalue weighted by Gasteiger charge is -2.27. The van der Waals surface area contributed by atoms with E-state index in [2.05, 4.69) is 25.6 Å². The van der Waals surface area contributed by atoms with Crippen molar-refractivity contribution in [2.45, 2.75) is 56.8 Å². The smallest absolute Gasteiger partial charge is 0.381 e. The molecule has 180 valence electrons. The standard InChI is InChI=1S/C22H28ClF3N6O/c23-17-11-29-18(31-15-3-1-14(27)2-4-15)9-16(17)20-21(22(24,25)26)30-12-19(32-20)28-10-13-5-7-33-8-6-13/h9,11-15H,1-8,10,27H2,(H,28,32)(H,29,31)/t14-,15-. The number of alkyl halides is 3. The number of hydrogen-bond donors (Lipinski definition) is 3. The fraction of sp³-hybridized carbons (Fsp3) is 0.591. The zero-order chi connectivity index (χ0) is 23.4. The summed E-state index contributed by atoms with van der Waals surface area (Å²) >= 11 is 6.29. The van der Waals surface area contributed by atoms with Gasteiger partial charge in [0.05, 0.1) is 11.2 Å². The Labute approximate surface area is 195 Å². The maximum Gasteiger partial charge on any atom is 0.435 e. The van der Waals surface area contributed by atoms with Gasteiger partial charge in [0.1, 0.15) is 17.3 Å². The lowest BCUT2D eigenvalue weighted by atomic mass is 9.92. The SMILES string of the molecule is N[C@H]1CC[C@H](Nc2cc(-c3nc(NCC4CCOCC4)cnc3C(F)(F)F)c(Cl)cn2)CC1. The van der Waals surface area contributed by atoms with Gasteiger partial charge >= 0.3 is 6.18 Å². The van der Waals surface area contributed by atoms with Crippen LogP contribution in [0.3, 0.4) is 0 Å². The summed E-state index contributed by atoms with van der Waals surface area (Å²) in [6.45, 7) is 1.96. The fourth-order valence-corrected chi connectivity index (χ4v) is 4.43. The summed E-state index contributed by atoms with van der Waals surface area (Å²) in [4.78, 5) is 12.2. The molecule has 33 heavy (non-hydrogen) atoms. The van der Waals surface area contributed by atoms with Crippen molar-refractivity contribution < 1.29 is 17.9 Å². The van der Waals surface area contributed by atoms with E-state index in [9.17, 15) is 13.2 Å². The highest BCUT2D eigenvalue weighted by Gasteiger charge is 2.37. The number of nitrogens with two attached hydrogens (primary N) is 1. The third kappa shape index (κ3) is 6.24. The molecule has 1 saturated heterocycles. The van der Waals surface area contributed by atoms with Crippen LogP contribution in [0, 0.1) is 5.92 Å². The molecule has 2 aliphatic rings. The maximum absolute atomic E-state index is 13.8. The van der Waals surface area contributed by atoms with Crippen LogP contribution >= 0.6 is 11.6 Å². The largest absolute Gasteiger partial charge is 0.435 e. The molecule has 7 nitrogen and oxygen atoms in total. The zero-order valence-electron chi connectivity index (χ0n) is 18.2. The second-order valence-corrected chi connectivity index (χ2v) is 9.10. The van der Waals surface area contributed by atoms with Crippen molar-refractivity contribution >= 4 is 23.2 Å². The molecule has 1 aliphatic carbocycles. The number of anilines is 2. The Balaban J connectivity index is 1.59. The molecule has 0 bridgehead atoms. The van der Waals surface area contributed by atoms with E-state index in [-0.39, 0.29) is 34.2 Å². The molecule has 4 N–H and O–H groups in total. The minimum absolute atomic E-state index is 0.0765. The van der Waals surface area contributed by atoms with Crippen molar-refractivity contribution in [1.29, 1.82) is 0 Å². The molecule has 1 saturated carbocycles. The van der Waals surface area contributed by atoms with Gasteiger partial charge in [0.15, 0.2) is 5.69 Å². The molecule has 11 heteroatoms. The second-order valence-electron chi connectivity index (χ2n) is 8.69. The third-order valence-corrected chi connectivity index (χ3v) is 6.49. The van der Waals surface area contributed by atoms with E-state index < -0.39 is 11.9 Å². The van der Waals surface area contributed by atoms with Crippen LogP contribution in [0.2, 0.25) is 5.02 Å². The number of nitrogens with one attached hydrogen (secondary N) is 2. The number of rotatable bonds is 6. The molecule has 1 aliphatic heterocycles. The van der Waals surface area contributed by atoms with E-state index in [0.717, 1.165) is 44.7 Å². The average Bonchev–Trinajstić information content (AvgIpc) is 2.80. The Hall–Kier alpha value is -2.17. The van der Waals surface area contributed by atoms with E-state index in [1.807, 2.05) is 0 Å². The minimum Gasteiger partial charge on any atom is -0.381 e. The molecular formula is C22H28ClF3N6O. The van der Waals surface area contributed by atoms with Gasteiger partial charge in [-0.2, -0.15) is 13.2 Å². The lowest BCUT2D eigenvalue weighted by molar-refractivity contribution is -0.140. The van der Waals surface area contributed by atoms with E-state index >= 15 is 0 Å². The van der Waals surface area contributed by atoms with Gasteiger partial charge in [0.25, 0.3) is 0 Å². The molecule has 0 atom stereocenters. The van der Waals surface area contributed by atoms with Gasteiger partial charge in [-0.25, -0.2) is 15.0 Å². The first-order chi connectivity index (χ1) is 15.8. The van der Waals surface area contributed by atoms with E-state index in [0.29, 0.717) is 31.5 Å². The summed E-state index contributed by atoms with van der Waals surface area (Å²) in [5.74, 6) is 1.09. The highest BCUT2D eigenvalue weighted by molar-refractivity contribution is 6.33. The molecule has 0 amide bonds. The Kier molecular flexibility index (Phi) is 7.55. The fourth-order valence-electron chi connectivity index (χ4n) is 4.24. The topological polar surface area (TPSA) is 98.0 Å². The summed E-state index contributed by atoms with van der Waals surface area (Å²) in [5.41, 5.74) is 4.69. The summed E-state index contributed by atoms with van der Waals surface area (Å²) < 4.78 is 46.6. The van der Waals surface area contributed by atoms with Gasteiger partial charge in [-0.05, 0) is 50.5 Å². The zero-order valence-corrected chi connectivity index (χ0v) is 18.9. The molecule has 0 unspecified atom stereocenters. The molecule has 0 spiro atoms. The number of pyridine rings is 1. The van der Waals surface area contributed by atoms with E-state index in [1.165, 1.54) is 12.3 Å². The first-order valence-corrected chi connectivity index (χ1v) is 11.6. The monoisotopic (exact) mass is 484 g/mol. The van der Waals surface area contributed by atoms with Gasteiger partial charge in [-0.1, -0.05) is 11.6 Å². The number of halogens is 4. The van der Waals surface area contributed by atoms with Crippen LogP contribution in [0.25, 0.3) is 11.3 Å². The van der Waals surface area contributed by atoms with Crippen LogP contribution in [-0.2, 0) is 10.9 Å². The Bertz CT molecular complexity index is 946. The van der Waals surface area contributed by atoms with E-state index in [4.69, 9.17) is 22.1 Å². The molecule has 0 radical (unpaired) electrons. The van der Waals surface area contributed by atoms with Gasteiger partial charge in [-0.15, -0.1) is 0 Å². The van der Waals surface area contributed by atoms with Gasteiger partial charge in [0.2, 0.25) is 0 Å². The Morgan fingerprint density at radius 3 is 2.45 bits per heavy atom. The van der Waals surface area contributed by atoms with Crippen molar-refractivity contribution in [1.82, 2.24) is 15.0 Å². The summed E-state index contributed by atoms with van der Waals surface area (Å²) in [5, 5.41) is 6.50. The van der Waals surface area contributed by atoms with Crippen LogP contribution in [0.5, 0.6) is 0 Å². The quantitative estimate of drug-likeness (QED) is 0.545. The Morgan fingerprint density at radius 2 is 1.76 bits per heavy atom. The molecule has 2 aromatic rings. The van der Waals surface area contributed by atoms with Crippen LogP contribution in [0.4, 0.5) is 24.8 Å². The number of ether oxygens (including phenoxy) is 1. The predicted octanol–water partition coefficient (Wildman–Crippen LogP) is 4.73. The van der Waals surface area contributed by atoms with Gasteiger partial charge < -0.3 is 21.1 Å². The molecule has 4 rings (SSSR count). The number of aromatic nitrogens is 3. The van der Waals surface area contributed by atoms with Crippen LogP contribution in [0.1, 0.15) is 44.2 Å². The van der Waals surface area contributed by atoms with Crippen LogP contribution in [0.15, 0.2) is 18.5 Å². The highest BCUT2D eigenvalue weighted by atomic mass is 35.5. The molecule has 2 aromatic heterocycles. The van der Waals surface area contributed by atoms with Crippen molar-refractivity contribution in [2.75, 3.05) is 30.4 Å². The van der Waals surface area contributed by atoms with Crippen molar-refractivity contribution in [3.8, 4) is 11.3 Å². The molecule has 2 fully saturated rings. The maximum atomic E-state index is 13.8. The lowest BCUT2D eigenvalue weighted by Crippen LogP contribution is -2.33. The van der Waals surface area contributed by atoms with E-state index in [1.54, 1.807) is 0 Å². The van der Waals surface area contributed by atoms with Crippen molar-refractivity contribution in [3.63, 3.8) is 0 Å². The first-order valence-electron chi connectivity index (χ1n) is 11.2. The number of hydrogen-bond acceptors (Lipinski definition) is 7. The summed E-state index contributed by atoms with van der Waals surface area (Å²) in [6, 6.07) is 1.86. The van der Waals surface area contributed by atoms with Crippen LogP contribution in [-0.4, -0.2) is 46.8 Å². The average molecular weight is 485 g/mol. The molecule has 0 aromatic carbocycles. The van der Waals surface area contributed by atoms with Crippen molar-refractivity contribution in [3.05, 3.63) is 29.2 Å². The summed E-state index contributed by atoms with van der Waals surface area (Å²) in [7, 11) is 0. The van der Waals surface area contributed by atoms with Crippen molar-refractivity contribution in [2.24, 2.45) is 11.7 Å². The van der Waals surface area contributed by atoms with Gasteiger partial charge in [0, 0.05) is 43.6 Å². The molecular weight excluding hydrogens is 457 g/mol. The van der Waals surface area contributed by atoms with Gasteiger partial charge in [-0.3, -0.25) is 0 Å².